The van der Waals surface area contributed by atoms with Gasteiger partial charge in [-0.3, -0.25) is 0 Å². The van der Waals surface area contributed by atoms with Crippen molar-refractivity contribution in [3.05, 3.63) is 24.5 Å². The second kappa shape index (κ2) is 4.61. The van der Waals surface area contributed by atoms with Gasteiger partial charge in [0.05, 0.1) is 11.8 Å². The molecular weight excluding hydrogens is 202 g/mol. The van der Waals surface area contributed by atoms with Crippen molar-refractivity contribution in [1.82, 2.24) is 9.97 Å². The maximum Gasteiger partial charge on any atom is 0.225 e. The molecule has 0 atom stereocenters. The Kier molecular flexibility index (Phi) is 3.19. The zero-order valence-electron chi connectivity index (χ0n) is 9.76. The van der Waals surface area contributed by atoms with E-state index in [0.29, 0.717) is 12.1 Å². The van der Waals surface area contributed by atoms with Gasteiger partial charge in [0.15, 0.2) is 0 Å². The topological polar surface area (TPSA) is 38.2 Å². The Hall–Kier alpha value is -1.42. The van der Waals surface area contributed by atoms with Crippen LogP contribution in [0.15, 0.2) is 18.8 Å². The average Bonchev–Trinajstić information content (AvgIpc) is 2.27. The summed E-state index contributed by atoms with van der Waals surface area (Å²) in [6.07, 6.45) is 6.00. The van der Waals surface area contributed by atoms with E-state index in [9.17, 15) is 0 Å². The number of aromatic nitrogens is 2. The largest absolute Gasteiger partial charge is 0.381 e. The van der Waals surface area contributed by atoms with Crippen LogP contribution in [0.5, 0.6) is 0 Å². The molecule has 0 bridgehead atoms. The van der Waals surface area contributed by atoms with Crippen LogP contribution in [0.3, 0.4) is 0 Å². The minimum atomic E-state index is 0.398. The number of ether oxygens (including phenoxy) is 1. The number of nitrogens with zero attached hydrogens (tertiary/aromatic N) is 3. The Labute approximate surface area is 96.0 Å². The first-order valence-electron chi connectivity index (χ1n) is 5.45. The molecule has 0 radical (unpaired) electrons. The molecule has 1 heterocycles. The van der Waals surface area contributed by atoms with Gasteiger partial charge in [-0.1, -0.05) is 6.58 Å². The fourth-order valence-corrected chi connectivity index (χ4v) is 1.86. The van der Waals surface area contributed by atoms with Gasteiger partial charge in [-0.25, -0.2) is 9.97 Å². The van der Waals surface area contributed by atoms with Crippen molar-refractivity contribution in [1.29, 1.82) is 0 Å². The highest BCUT2D eigenvalue weighted by Gasteiger charge is 2.33. The molecule has 0 aromatic carbocycles. The quantitative estimate of drug-likeness (QED) is 0.773. The molecule has 1 saturated carbocycles. The molecule has 16 heavy (non-hydrogen) atoms. The standard InChI is InChI=1S/C12H17N3O/c1-4-9-5-6-13-12(14-9)15(2)10-7-11(8-10)16-3/h4-6,10-11H,1,7-8H2,2-3H3. The number of hydrogen-bond donors (Lipinski definition) is 0. The molecule has 0 unspecified atom stereocenters. The van der Waals surface area contributed by atoms with Crippen molar-refractivity contribution >= 4 is 12.0 Å². The first-order valence-corrected chi connectivity index (χ1v) is 5.45. The monoisotopic (exact) mass is 219 g/mol. The van der Waals surface area contributed by atoms with E-state index in [0.717, 1.165) is 24.5 Å². The molecular formula is C12H17N3O. The van der Waals surface area contributed by atoms with Crippen molar-refractivity contribution < 1.29 is 4.74 Å². The van der Waals surface area contributed by atoms with Gasteiger partial charge in [0.1, 0.15) is 0 Å². The van der Waals surface area contributed by atoms with Gasteiger partial charge < -0.3 is 9.64 Å². The van der Waals surface area contributed by atoms with Crippen LogP contribution in [0, 0.1) is 0 Å². The van der Waals surface area contributed by atoms with Gasteiger partial charge in [-0.2, -0.15) is 0 Å². The molecule has 1 aromatic heterocycles. The molecule has 2 rings (SSSR count). The molecule has 1 aliphatic rings. The van der Waals surface area contributed by atoms with Crippen molar-refractivity contribution in [3.8, 4) is 0 Å². The van der Waals surface area contributed by atoms with Crippen molar-refractivity contribution in [2.75, 3.05) is 19.1 Å². The summed E-state index contributed by atoms with van der Waals surface area (Å²) in [5.41, 5.74) is 0.861. The summed E-state index contributed by atoms with van der Waals surface area (Å²) in [4.78, 5) is 10.8. The molecule has 1 aliphatic carbocycles. The molecule has 0 saturated heterocycles. The lowest BCUT2D eigenvalue weighted by atomic mass is 9.88. The molecule has 0 spiro atoms. The second-order valence-electron chi connectivity index (χ2n) is 4.08. The van der Waals surface area contributed by atoms with Gasteiger partial charge in [0.25, 0.3) is 0 Å². The van der Waals surface area contributed by atoms with Gasteiger partial charge in [-0.05, 0) is 25.0 Å². The molecule has 0 amide bonds. The van der Waals surface area contributed by atoms with Crippen LogP contribution in [0.1, 0.15) is 18.5 Å². The maximum atomic E-state index is 5.26. The Bertz CT molecular complexity index is 374. The molecule has 1 fully saturated rings. The van der Waals surface area contributed by atoms with E-state index in [4.69, 9.17) is 4.74 Å². The SMILES string of the molecule is C=Cc1ccnc(N(C)C2CC(OC)C2)n1. The van der Waals surface area contributed by atoms with Crippen LogP contribution in [0.2, 0.25) is 0 Å². The van der Waals surface area contributed by atoms with Gasteiger partial charge in [0.2, 0.25) is 5.95 Å². The summed E-state index contributed by atoms with van der Waals surface area (Å²) in [5, 5.41) is 0. The van der Waals surface area contributed by atoms with E-state index >= 15 is 0 Å². The summed E-state index contributed by atoms with van der Waals surface area (Å²) >= 11 is 0. The minimum Gasteiger partial charge on any atom is -0.381 e. The first-order chi connectivity index (χ1) is 7.74. The fraction of sp³-hybridized carbons (Fsp3) is 0.500. The first kappa shape index (κ1) is 11.1. The Morgan fingerprint density at radius 1 is 1.56 bits per heavy atom. The van der Waals surface area contributed by atoms with Crippen LogP contribution < -0.4 is 4.90 Å². The van der Waals surface area contributed by atoms with E-state index in [1.807, 2.05) is 13.1 Å². The summed E-state index contributed by atoms with van der Waals surface area (Å²) in [6, 6.07) is 2.34. The third-order valence-corrected chi connectivity index (χ3v) is 3.14. The van der Waals surface area contributed by atoms with E-state index in [2.05, 4.69) is 21.4 Å². The second-order valence-corrected chi connectivity index (χ2v) is 4.08. The molecule has 4 nitrogen and oxygen atoms in total. The third-order valence-electron chi connectivity index (χ3n) is 3.14. The van der Waals surface area contributed by atoms with Crippen molar-refractivity contribution in [2.45, 2.75) is 25.0 Å². The number of rotatable bonds is 4. The van der Waals surface area contributed by atoms with Crippen LogP contribution in [-0.4, -0.2) is 36.3 Å². The average molecular weight is 219 g/mol. The summed E-state index contributed by atoms with van der Waals surface area (Å²) in [5.74, 6) is 0.761. The lowest BCUT2D eigenvalue weighted by Crippen LogP contribution is -2.46. The Morgan fingerprint density at radius 3 is 2.94 bits per heavy atom. The van der Waals surface area contributed by atoms with E-state index in [-0.39, 0.29) is 0 Å². The van der Waals surface area contributed by atoms with Crippen molar-refractivity contribution in [2.24, 2.45) is 0 Å². The zero-order chi connectivity index (χ0) is 11.5. The van der Waals surface area contributed by atoms with Crippen molar-refractivity contribution in [3.63, 3.8) is 0 Å². The predicted octanol–water partition coefficient (Wildman–Crippen LogP) is 1.73. The van der Waals surface area contributed by atoms with Gasteiger partial charge in [-0.15, -0.1) is 0 Å². The highest BCUT2D eigenvalue weighted by Crippen LogP contribution is 2.28. The summed E-state index contributed by atoms with van der Waals surface area (Å²) < 4.78 is 5.26. The maximum absolute atomic E-state index is 5.26. The Morgan fingerprint density at radius 2 is 2.31 bits per heavy atom. The number of hydrogen-bond acceptors (Lipinski definition) is 4. The number of anilines is 1. The van der Waals surface area contributed by atoms with E-state index in [1.165, 1.54) is 0 Å². The van der Waals surface area contributed by atoms with Crippen LogP contribution in [0.4, 0.5) is 5.95 Å². The molecule has 86 valence electrons. The summed E-state index contributed by atoms with van der Waals surface area (Å²) in [6.45, 7) is 3.71. The molecule has 0 aliphatic heterocycles. The Balaban J connectivity index is 2.03. The van der Waals surface area contributed by atoms with Gasteiger partial charge >= 0.3 is 0 Å². The fourth-order valence-electron chi connectivity index (χ4n) is 1.86. The molecule has 4 heteroatoms. The molecule has 1 aromatic rings. The van der Waals surface area contributed by atoms with Crippen LogP contribution >= 0.6 is 0 Å². The van der Waals surface area contributed by atoms with E-state index < -0.39 is 0 Å². The zero-order valence-corrected chi connectivity index (χ0v) is 9.76. The normalized spacial score (nSPS) is 23.6. The lowest BCUT2D eigenvalue weighted by Gasteiger charge is -2.40. The smallest absolute Gasteiger partial charge is 0.225 e. The predicted molar refractivity (Wildman–Crippen MR) is 64.3 cm³/mol. The minimum absolute atomic E-state index is 0.398. The van der Waals surface area contributed by atoms with E-state index in [1.54, 1.807) is 19.4 Å². The molecule has 0 N–H and O–H groups in total. The van der Waals surface area contributed by atoms with Gasteiger partial charge in [0, 0.05) is 26.4 Å². The summed E-state index contributed by atoms with van der Waals surface area (Å²) in [7, 11) is 3.79. The van der Waals surface area contributed by atoms with Crippen LogP contribution in [0.25, 0.3) is 6.08 Å². The number of methoxy groups -OCH3 is 1. The lowest BCUT2D eigenvalue weighted by molar-refractivity contribution is 0.0263. The highest BCUT2D eigenvalue weighted by atomic mass is 16.5. The highest BCUT2D eigenvalue weighted by molar-refractivity contribution is 5.44. The third kappa shape index (κ3) is 2.07. The van der Waals surface area contributed by atoms with Crippen LogP contribution in [-0.2, 0) is 4.74 Å².